The van der Waals surface area contributed by atoms with E-state index in [-0.39, 0.29) is 18.0 Å². The second-order valence-corrected chi connectivity index (χ2v) is 5.05. The van der Waals surface area contributed by atoms with Crippen LogP contribution in [0.15, 0.2) is 18.2 Å². The van der Waals surface area contributed by atoms with Gasteiger partial charge in [-0.25, -0.2) is 0 Å². The van der Waals surface area contributed by atoms with Crippen LogP contribution in [-0.2, 0) is 10.9 Å². The maximum atomic E-state index is 13.0. The molecule has 1 aromatic rings. The third-order valence-corrected chi connectivity index (χ3v) is 3.61. The van der Waals surface area contributed by atoms with Gasteiger partial charge in [0, 0.05) is 30.9 Å². The summed E-state index contributed by atoms with van der Waals surface area (Å²) in [5.41, 5.74) is -0.726. The number of benzene rings is 1. The van der Waals surface area contributed by atoms with E-state index in [9.17, 15) is 18.0 Å². The molecule has 3 nitrogen and oxygen atoms in total. The van der Waals surface area contributed by atoms with Crippen molar-refractivity contribution in [2.45, 2.75) is 32.0 Å². The van der Waals surface area contributed by atoms with Gasteiger partial charge in [-0.15, -0.1) is 0 Å². The highest BCUT2D eigenvalue weighted by molar-refractivity contribution is 5.79. The van der Waals surface area contributed by atoms with Crippen LogP contribution in [0.25, 0.3) is 0 Å². The number of halogens is 3. The van der Waals surface area contributed by atoms with E-state index in [4.69, 9.17) is 4.74 Å². The van der Waals surface area contributed by atoms with Gasteiger partial charge in [0.2, 0.25) is 0 Å². The first-order valence-electron chi connectivity index (χ1n) is 6.98. The van der Waals surface area contributed by atoms with Crippen molar-refractivity contribution in [2.75, 3.05) is 24.6 Å². The molecule has 1 fully saturated rings. The summed E-state index contributed by atoms with van der Waals surface area (Å²) in [6.07, 6.45) is -2.44. The van der Waals surface area contributed by atoms with Crippen molar-refractivity contribution >= 4 is 12.0 Å². The molecule has 1 heterocycles. The Morgan fingerprint density at radius 1 is 1.43 bits per heavy atom. The third kappa shape index (κ3) is 3.75. The van der Waals surface area contributed by atoms with E-state index >= 15 is 0 Å². The Balaban J connectivity index is 2.26. The van der Waals surface area contributed by atoms with E-state index in [0.29, 0.717) is 25.4 Å². The van der Waals surface area contributed by atoms with Crippen LogP contribution in [0, 0.1) is 0 Å². The van der Waals surface area contributed by atoms with Crippen LogP contribution in [-0.4, -0.2) is 32.1 Å². The van der Waals surface area contributed by atoms with E-state index in [1.807, 2.05) is 11.8 Å². The van der Waals surface area contributed by atoms with E-state index in [0.717, 1.165) is 18.9 Å². The Kier molecular flexibility index (Phi) is 4.88. The number of carbonyl (C=O) groups excluding carboxylic acids is 1. The Hall–Kier alpha value is -1.56. The van der Waals surface area contributed by atoms with Crippen molar-refractivity contribution < 1.29 is 22.7 Å². The molecule has 0 aromatic heterocycles. The molecule has 0 N–H and O–H groups in total. The molecule has 1 atom stereocenters. The summed E-state index contributed by atoms with van der Waals surface area (Å²) in [6.45, 7) is 3.77. The smallest absolute Gasteiger partial charge is 0.377 e. The van der Waals surface area contributed by atoms with Crippen LogP contribution in [0.1, 0.15) is 35.7 Å². The van der Waals surface area contributed by atoms with E-state index in [1.54, 1.807) is 6.07 Å². The number of hydrogen-bond donors (Lipinski definition) is 0. The first kappa shape index (κ1) is 15.8. The largest absolute Gasteiger partial charge is 0.417 e. The summed E-state index contributed by atoms with van der Waals surface area (Å²) in [6, 6.07) is 3.85. The molecule has 0 spiro atoms. The molecule has 1 saturated heterocycles. The molecule has 0 saturated carbocycles. The minimum atomic E-state index is -4.53. The van der Waals surface area contributed by atoms with Crippen LogP contribution in [0.5, 0.6) is 0 Å². The average molecular weight is 301 g/mol. The lowest BCUT2D eigenvalue weighted by atomic mass is 10.0. The summed E-state index contributed by atoms with van der Waals surface area (Å²) in [7, 11) is 0. The van der Waals surface area contributed by atoms with Crippen molar-refractivity contribution in [2.24, 2.45) is 0 Å². The van der Waals surface area contributed by atoms with Gasteiger partial charge < -0.3 is 9.64 Å². The Morgan fingerprint density at radius 2 is 2.19 bits per heavy atom. The highest BCUT2D eigenvalue weighted by atomic mass is 19.4. The third-order valence-electron chi connectivity index (χ3n) is 3.61. The zero-order valence-corrected chi connectivity index (χ0v) is 11.8. The van der Waals surface area contributed by atoms with Crippen LogP contribution in [0.4, 0.5) is 18.9 Å². The Labute approximate surface area is 121 Å². The fourth-order valence-electron chi connectivity index (χ4n) is 2.63. The Bertz CT molecular complexity index is 500. The minimum absolute atomic E-state index is 0.0452. The van der Waals surface area contributed by atoms with Crippen LogP contribution in [0.2, 0.25) is 0 Å². The molecule has 21 heavy (non-hydrogen) atoms. The molecule has 0 bridgehead atoms. The number of anilines is 1. The topological polar surface area (TPSA) is 29.5 Å². The lowest BCUT2D eigenvalue weighted by Gasteiger charge is -2.34. The molecule has 6 heteroatoms. The van der Waals surface area contributed by atoms with Gasteiger partial charge in [0.15, 0.2) is 6.29 Å². The quantitative estimate of drug-likeness (QED) is 0.797. The second kappa shape index (κ2) is 6.47. The SMILES string of the molecule is CCOC1CCCN(c2ccc(C=O)c(C(F)(F)F)c2)C1. The number of nitrogens with zero attached hydrogens (tertiary/aromatic N) is 1. The van der Waals surface area contributed by atoms with Gasteiger partial charge in [-0.05, 0) is 38.0 Å². The van der Waals surface area contributed by atoms with E-state index in [2.05, 4.69) is 0 Å². The highest BCUT2D eigenvalue weighted by Crippen LogP contribution is 2.34. The van der Waals surface area contributed by atoms with Gasteiger partial charge >= 0.3 is 6.18 Å². The van der Waals surface area contributed by atoms with E-state index in [1.165, 1.54) is 6.07 Å². The predicted octanol–water partition coefficient (Wildman–Crippen LogP) is 3.52. The molecule has 0 amide bonds. The standard InChI is InChI=1S/C15H18F3NO2/c1-2-21-13-4-3-7-19(9-13)12-6-5-11(10-20)14(8-12)15(16,17)18/h5-6,8,10,13H,2-4,7,9H2,1H3. The maximum absolute atomic E-state index is 13.0. The molecular formula is C15H18F3NO2. The van der Waals surface area contributed by atoms with Gasteiger partial charge in [0.1, 0.15) is 0 Å². The van der Waals surface area contributed by atoms with Crippen LogP contribution < -0.4 is 4.90 Å². The fourth-order valence-corrected chi connectivity index (χ4v) is 2.63. The number of carbonyl (C=O) groups is 1. The van der Waals surface area contributed by atoms with Crippen molar-refractivity contribution in [1.29, 1.82) is 0 Å². The number of rotatable bonds is 4. The molecule has 0 aliphatic carbocycles. The molecule has 0 radical (unpaired) electrons. The normalized spacial score (nSPS) is 19.6. The lowest BCUT2D eigenvalue weighted by molar-refractivity contribution is -0.137. The van der Waals surface area contributed by atoms with Crippen molar-refractivity contribution in [3.8, 4) is 0 Å². The van der Waals surface area contributed by atoms with Gasteiger partial charge in [0.25, 0.3) is 0 Å². The van der Waals surface area contributed by atoms with Gasteiger partial charge in [-0.1, -0.05) is 0 Å². The summed E-state index contributed by atoms with van der Waals surface area (Å²) >= 11 is 0. The lowest BCUT2D eigenvalue weighted by Crippen LogP contribution is -2.39. The molecule has 1 aliphatic rings. The number of piperidine rings is 1. The second-order valence-electron chi connectivity index (χ2n) is 5.05. The average Bonchev–Trinajstić information content (AvgIpc) is 2.46. The Morgan fingerprint density at radius 3 is 2.81 bits per heavy atom. The molecule has 1 aliphatic heterocycles. The van der Waals surface area contributed by atoms with E-state index < -0.39 is 11.7 Å². The summed E-state index contributed by atoms with van der Waals surface area (Å²) in [5.74, 6) is 0. The first-order valence-corrected chi connectivity index (χ1v) is 6.98. The fraction of sp³-hybridized carbons (Fsp3) is 0.533. The molecule has 1 aromatic carbocycles. The monoisotopic (exact) mass is 301 g/mol. The molecule has 1 unspecified atom stereocenters. The number of ether oxygens (including phenoxy) is 1. The molecule has 116 valence electrons. The number of aldehydes is 1. The maximum Gasteiger partial charge on any atom is 0.417 e. The zero-order chi connectivity index (χ0) is 15.5. The molecular weight excluding hydrogens is 283 g/mol. The summed E-state index contributed by atoms with van der Waals surface area (Å²) < 4.78 is 44.5. The van der Waals surface area contributed by atoms with Gasteiger partial charge in [0.05, 0.1) is 11.7 Å². The predicted molar refractivity (Wildman–Crippen MR) is 73.7 cm³/mol. The molecule has 2 rings (SSSR count). The van der Waals surface area contributed by atoms with Crippen molar-refractivity contribution in [3.05, 3.63) is 29.3 Å². The highest BCUT2D eigenvalue weighted by Gasteiger charge is 2.34. The van der Waals surface area contributed by atoms with Gasteiger partial charge in [-0.2, -0.15) is 13.2 Å². The first-order chi connectivity index (χ1) is 9.95. The minimum Gasteiger partial charge on any atom is -0.377 e. The zero-order valence-electron chi connectivity index (χ0n) is 11.8. The number of alkyl halides is 3. The van der Waals surface area contributed by atoms with Crippen LogP contribution >= 0.6 is 0 Å². The summed E-state index contributed by atoms with van der Waals surface area (Å²) in [4.78, 5) is 12.6. The van der Waals surface area contributed by atoms with Crippen LogP contribution in [0.3, 0.4) is 0 Å². The van der Waals surface area contributed by atoms with Gasteiger partial charge in [-0.3, -0.25) is 4.79 Å². The van der Waals surface area contributed by atoms with Crippen molar-refractivity contribution in [1.82, 2.24) is 0 Å². The summed E-state index contributed by atoms with van der Waals surface area (Å²) in [5, 5.41) is 0. The number of hydrogen-bond acceptors (Lipinski definition) is 3. The van der Waals surface area contributed by atoms with Crippen molar-refractivity contribution in [3.63, 3.8) is 0 Å².